The maximum absolute atomic E-state index is 12.8. The molecular formula is C18H22N2O3. The number of nitrogens with zero attached hydrogens (tertiary/aromatic N) is 2. The van der Waals surface area contributed by atoms with E-state index in [1.165, 1.54) is 0 Å². The van der Waals surface area contributed by atoms with Crippen molar-refractivity contribution in [2.45, 2.75) is 20.8 Å². The van der Waals surface area contributed by atoms with Crippen LogP contribution in [0.2, 0.25) is 0 Å². The minimum atomic E-state index is 0.0485. The van der Waals surface area contributed by atoms with Crippen molar-refractivity contribution in [1.82, 2.24) is 4.90 Å². The summed E-state index contributed by atoms with van der Waals surface area (Å²) in [6, 6.07) is 7.23. The van der Waals surface area contributed by atoms with Gasteiger partial charge in [0, 0.05) is 43.5 Å². The molecule has 3 rings (SSSR count). The van der Waals surface area contributed by atoms with Crippen LogP contribution in [-0.2, 0) is 0 Å². The van der Waals surface area contributed by atoms with Gasteiger partial charge in [-0.2, -0.15) is 0 Å². The third kappa shape index (κ3) is 2.91. The zero-order chi connectivity index (χ0) is 16.6. The van der Waals surface area contributed by atoms with Crippen molar-refractivity contribution in [3.05, 3.63) is 46.9 Å². The van der Waals surface area contributed by atoms with Crippen molar-refractivity contribution in [1.29, 1.82) is 0 Å². The molecule has 1 aromatic heterocycles. The van der Waals surface area contributed by atoms with Crippen molar-refractivity contribution in [2.75, 3.05) is 31.1 Å². The molecule has 2 heterocycles. The van der Waals surface area contributed by atoms with Gasteiger partial charge in [0.15, 0.2) is 0 Å². The van der Waals surface area contributed by atoms with Gasteiger partial charge in [-0.1, -0.05) is 6.07 Å². The Balaban J connectivity index is 1.70. The van der Waals surface area contributed by atoms with Gasteiger partial charge in [-0.25, -0.2) is 0 Å². The van der Waals surface area contributed by atoms with Gasteiger partial charge >= 0.3 is 0 Å². The molecule has 1 saturated heterocycles. The molecule has 0 atom stereocenters. The molecular weight excluding hydrogens is 292 g/mol. The minimum absolute atomic E-state index is 0.0485. The number of carbonyl (C=O) groups excluding carboxylic acids is 1. The van der Waals surface area contributed by atoms with Crippen LogP contribution < -0.4 is 4.90 Å². The Morgan fingerprint density at radius 3 is 2.35 bits per heavy atom. The molecule has 5 heteroatoms. The Morgan fingerprint density at radius 2 is 1.78 bits per heavy atom. The molecule has 0 radical (unpaired) electrons. The second kappa shape index (κ2) is 5.99. The third-order valence-corrected chi connectivity index (χ3v) is 4.54. The van der Waals surface area contributed by atoms with Gasteiger partial charge in [0.05, 0.1) is 5.56 Å². The predicted molar refractivity (Wildman–Crippen MR) is 89.1 cm³/mol. The monoisotopic (exact) mass is 314 g/mol. The standard InChI is InChI=1S/C18H22N2O3/c1-12-13(2)23-14(3)17(12)18(22)20-9-7-19(8-10-20)15-5-4-6-16(21)11-15/h4-6,11,21H,7-10H2,1-3H3. The van der Waals surface area contributed by atoms with Crippen LogP contribution in [0.25, 0.3) is 0 Å². The Kier molecular flexibility index (Phi) is 4.03. The molecule has 2 aromatic rings. The first-order valence-electron chi connectivity index (χ1n) is 7.87. The first-order chi connectivity index (χ1) is 11.0. The molecule has 1 aliphatic heterocycles. The van der Waals surface area contributed by atoms with E-state index in [0.29, 0.717) is 24.4 Å². The van der Waals surface area contributed by atoms with Crippen LogP contribution in [0.5, 0.6) is 5.75 Å². The molecule has 0 aliphatic carbocycles. The Labute approximate surface area is 136 Å². The lowest BCUT2D eigenvalue weighted by molar-refractivity contribution is 0.0744. The largest absolute Gasteiger partial charge is 0.508 e. The maximum Gasteiger partial charge on any atom is 0.257 e. The zero-order valence-electron chi connectivity index (χ0n) is 13.8. The number of hydrogen-bond donors (Lipinski definition) is 1. The number of rotatable bonds is 2. The number of aromatic hydroxyl groups is 1. The quantitative estimate of drug-likeness (QED) is 0.926. The number of aryl methyl sites for hydroxylation is 2. The van der Waals surface area contributed by atoms with Crippen molar-refractivity contribution in [3.8, 4) is 5.75 Å². The Morgan fingerprint density at radius 1 is 1.09 bits per heavy atom. The molecule has 0 bridgehead atoms. The first kappa shape index (κ1) is 15.5. The highest BCUT2D eigenvalue weighted by Gasteiger charge is 2.27. The first-order valence-corrected chi connectivity index (χ1v) is 7.87. The van der Waals surface area contributed by atoms with Crippen LogP contribution in [0, 0.1) is 20.8 Å². The normalized spacial score (nSPS) is 15.1. The molecule has 1 aromatic carbocycles. The van der Waals surface area contributed by atoms with Gasteiger partial charge in [-0.05, 0) is 32.9 Å². The average molecular weight is 314 g/mol. The summed E-state index contributed by atoms with van der Waals surface area (Å²) < 4.78 is 5.58. The predicted octanol–water partition coefficient (Wildman–Crippen LogP) is 2.87. The molecule has 5 nitrogen and oxygen atoms in total. The molecule has 122 valence electrons. The van der Waals surface area contributed by atoms with Gasteiger partial charge in [0.1, 0.15) is 17.3 Å². The lowest BCUT2D eigenvalue weighted by atomic mass is 10.1. The summed E-state index contributed by atoms with van der Waals surface area (Å²) in [5.41, 5.74) is 2.62. The van der Waals surface area contributed by atoms with Crippen LogP contribution in [0.4, 0.5) is 5.69 Å². The summed E-state index contributed by atoms with van der Waals surface area (Å²) in [6.07, 6.45) is 0. The molecule has 0 spiro atoms. The lowest BCUT2D eigenvalue weighted by Gasteiger charge is -2.36. The summed E-state index contributed by atoms with van der Waals surface area (Å²) in [5.74, 6) is 1.82. The molecule has 0 saturated carbocycles. The lowest BCUT2D eigenvalue weighted by Crippen LogP contribution is -2.49. The van der Waals surface area contributed by atoms with Gasteiger partial charge in [-0.3, -0.25) is 4.79 Å². The average Bonchev–Trinajstić information content (AvgIpc) is 2.79. The highest BCUT2D eigenvalue weighted by molar-refractivity contribution is 5.97. The smallest absolute Gasteiger partial charge is 0.257 e. The number of anilines is 1. The summed E-state index contributed by atoms with van der Waals surface area (Å²) in [5, 5.41) is 9.59. The van der Waals surface area contributed by atoms with Crippen LogP contribution in [-0.4, -0.2) is 42.1 Å². The van der Waals surface area contributed by atoms with Gasteiger partial charge in [-0.15, -0.1) is 0 Å². The molecule has 1 fully saturated rings. The Hall–Kier alpha value is -2.43. The van der Waals surface area contributed by atoms with E-state index < -0.39 is 0 Å². The number of carbonyl (C=O) groups is 1. The van der Waals surface area contributed by atoms with E-state index in [9.17, 15) is 9.90 Å². The van der Waals surface area contributed by atoms with E-state index in [2.05, 4.69) is 4.90 Å². The number of furan rings is 1. The van der Waals surface area contributed by atoms with Gasteiger partial charge < -0.3 is 19.3 Å². The van der Waals surface area contributed by atoms with Crippen LogP contribution in [0.1, 0.15) is 27.4 Å². The zero-order valence-corrected chi connectivity index (χ0v) is 13.8. The number of benzene rings is 1. The highest BCUT2D eigenvalue weighted by Crippen LogP contribution is 2.25. The summed E-state index contributed by atoms with van der Waals surface area (Å²) in [4.78, 5) is 16.8. The van der Waals surface area contributed by atoms with Crippen LogP contribution in [0.3, 0.4) is 0 Å². The van der Waals surface area contributed by atoms with Crippen molar-refractivity contribution >= 4 is 11.6 Å². The highest BCUT2D eigenvalue weighted by atomic mass is 16.3. The van der Waals surface area contributed by atoms with E-state index in [0.717, 1.165) is 30.1 Å². The minimum Gasteiger partial charge on any atom is -0.508 e. The fourth-order valence-electron chi connectivity index (χ4n) is 3.12. The molecule has 0 unspecified atom stereocenters. The van der Waals surface area contributed by atoms with Crippen molar-refractivity contribution in [3.63, 3.8) is 0 Å². The number of amides is 1. The van der Waals surface area contributed by atoms with Crippen molar-refractivity contribution in [2.24, 2.45) is 0 Å². The van der Waals surface area contributed by atoms with Gasteiger partial charge in [0.25, 0.3) is 5.91 Å². The fraction of sp³-hybridized carbons (Fsp3) is 0.389. The molecule has 23 heavy (non-hydrogen) atoms. The van der Waals surface area contributed by atoms with Crippen LogP contribution in [0.15, 0.2) is 28.7 Å². The topological polar surface area (TPSA) is 56.9 Å². The Bertz CT molecular complexity index is 728. The maximum atomic E-state index is 12.8. The van der Waals surface area contributed by atoms with Crippen molar-refractivity contribution < 1.29 is 14.3 Å². The van der Waals surface area contributed by atoms with Crippen LogP contribution >= 0.6 is 0 Å². The summed E-state index contributed by atoms with van der Waals surface area (Å²) >= 11 is 0. The molecule has 1 amide bonds. The van der Waals surface area contributed by atoms with E-state index in [4.69, 9.17) is 4.42 Å². The third-order valence-electron chi connectivity index (χ3n) is 4.54. The molecule has 1 aliphatic rings. The number of phenols is 1. The number of hydrogen-bond acceptors (Lipinski definition) is 4. The van der Waals surface area contributed by atoms with E-state index in [1.54, 1.807) is 12.1 Å². The van der Waals surface area contributed by atoms with Gasteiger partial charge in [0.2, 0.25) is 0 Å². The van der Waals surface area contributed by atoms with E-state index in [1.807, 2.05) is 37.8 Å². The van der Waals surface area contributed by atoms with E-state index >= 15 is 0 Å². The molecule has 1 N–H and O–H groups in total. The van der Waals surface area contributed by atoms with E-state index in [-0.39, 0.29) is 11.7 Å². The number of piperazine rings is 1. The second-order valence-electron chi connectivity index (χ2n) is 6.01. The fourth-order valence-corrected chi connectivity index (χ4v) is 3.12. The summed E-state index contributed by atoms with van der Waals surface area (Å²) in [6.45, 7) is 8.50. The second-order valence-corrected chi connectivity index (χ2v) is 6.01. The SMILES string of the molecule is Cc1oc(C)c(C(=O)N2CCN(c3cccc(O)c3)CC2)c1C. The number of phenolic OH excluding ortho intramolecular Hbond substituents is 1. The summed E-state index contributed by atoms with van der Waals surface area (Å²) in [7, 11) is 0.